The topological polar surface area (TPSA) is 60.5 Å². The summed E-state index contributed by atoms with van der Waals surface area (Å²) < 4.78 is 11.2. The van der Waals surface area contributed by atoms with Crippen LogP contribution in [0.4, 0.5) is 0 Å². The minimum Gasteiger partial charge on any atom is -0.474 e. The summed E-state index contributed by atoms with van der Waals surface area (Å²) in [7, 11) is 0. The van der Waals surface area contributed by atoms with Gasteiger partial charge in [-0.05, 0) is 50.2 Å². The maximum atomic E-state index is 11.9. The Balaban J connectivity index is 1.51. The SMILES string of the molecule is O=C(NCc1ccnc(OC2CCCC2)c1)[C@H]1CCCO1. The van der Waals surface area contributed by atoms with Gasteiger partial charge in [-0.25, -0.2) is 4.98 Å². The molecule has 1 aliphatic carbocycles. The van der Waals surface area contributed by atoms with Crippen LogP contribution in [-0.2, 0) is 16.1 Å². The highest BCUT2D eigenvalue weighted by molar-refractivity contribution is 5.80. The van der Waals surface area contributed by atoms with Crippen LogP contribution in [0.3, 0.4) is 0 Å². The molecule has 1 amide bonds. The number of carbonyl (C=O) groups is 1. The molecular formula is C16H22N2O3. The lowest BCUT2D eigenvalue weighted by Gasteiger charge is -2.13. The van der Waals surface area contributed by atoms with Crippen molar-refractivity contribution in [2.45, 2.75) is 57.3 Å². The van der Waals surface area contributed by atoms with E-state index >= 15 is 0 Å². The lowest BCUT2D eigenvalue weighted by atomic mass is 10.2. The van der Waals surface area contributed by atoms with Gasteiger partial charge in [0.15, 0.2) is 0 Å². The van der Waals surface area contributed by atoms with E-state index in [1.165, 1.54) is 12.8 Å². The molecule has 0 radical (unpaired) electrons. The quantitative estimate of drug-likeness (QED) is 0.903. The molecule has 1 aliphatic heterocycles. The van der Waals surface area contributed by atoms with Gasteiger partial charge in [0.05, 0.1) is 0 Å². The molecule has 2 aliphatic rings. The minimum atomic E-state index is -0.277. The van der Waals surface area contributed by atoms with Crippen LogP contribution in [0, 0.1) is 0 Å². The first-order valence-electron chi connectivity index (χ1n) is 7.82. The van der Waals surface area contributed by atoms with Crippen molar-refractivity contribution in [3.8, 4) is 5.88 Å². The number of ether oxygens (including phenoxy) is 2. The van der Waals surface area contributed by atoms with Crippen LogP contribution < -0.4 is 10.1 Å². The molecule has 0 unspecified atom stereocenters. The van der Waals surface area contributed by atoms with Crippen LogP contribution in [0.15, 0.2) is 18.3 Å². The van der Waals surface area contributed by atoms with Crippen LogP contribution >= 0.6 is 0 Å². The normalized spacial score (nSPS) is 22.4. The van der Waals surface area contributed by atoms with Crippen molar-refractivity contribution in [1.82, 2.24) is 10.3 Å². The van der Waals surface area contributed by atoms with Gasteiger partial charge in [0.25, 0.3) is 0 Å². The molecule has 1 N–H and O–H groups in total. The van der Waals surface area contributed by atoms with Crippen molar-refractivity contribution in [1.29, 1.82) is 0 Å². The predicted molar refractivity (Wildman–Crippen MR) is 77.9 cm³/mol. The molecule has 5 heteroatoms. The van der Waals surface area contributed by atoms with Gasteiger partial charge in [-0.3, -0.25) is 4.79 Å². The van der Waals surface area contributed by atoms with E-state index in [1.807, 2.05) is 12.1 Å². The molecule has 0 spiro atoms. The lowest BCUT2D eigenvalue weighted by molar-refractivity contribution is -0.130. The molecule has 2 heterocycles. The Morgan fingerprint density at radius 3 is 2.95 bits per heavy atom. The summed E-state index contributed by atoms with van der Waals surface area (Å²) >= 11 is 0. The van der Waals surface area contributed by atoms with Gasteiger partial charge in [0, 0.05) is 25.4 Å². The second-order valence-corrected chi connectivity index (χ2v) is 5.75. The Labute approximate surface area is 125 Å². The number of carbonyl (C=O) groups excluding carboxylic acids is 1. The summed E-state index contributed by atoms with van der Waals surface area (Å²) in [6, 6.07) is 3.81. The van der Waals surface area contributed by atoms with Gasteiger partial charge in [-0.15, -0.1) is 0 Å². The summed E-state index contributed by atoms with van der Waals surface area (Å²) in [6.07, 6.45) is 8.24. The first kappa shape index (κ1) is 14.3. The summed E-state index contributed by atoms with van der Waals surface area (Å²) in [4.78, 5) is 16.1. The van der Waals surface area contributed by atoms with Crippen LogP contribution in [-0.4, -0.2) is 29.7 Å². The van der Waals surface area contributed by atoms with Gasteiger partial charge in [-0.2, -0.15) is 0 Å². The van der Waals surface area contributed by atoms with E-state index in [1.54, 1.807) is 6.20 Å². The Morgan fingerprint density at radius 2 is 2.19 bits per heavy atom. The van der Waals surface area contributed by atoms with Gasteiger partial charge in [-0.1, -0.05) is 0 Å². The van der Waals surface area contributed by atoms with Crippen LogP contribution in [0.5, 0.6) is 5.88 Å². The second kappa shape index (κ2) is 6.89. The molecule has 0 bridgehead atoms. The largest absolute Gasteiger partial charge is 0.474 e. The number of rotatable bonds is 5. The maximum Gasteiger partial charge on any atom is 0.249 e. The molecular weight excluding hydrogens is 268 g/mol. The summed E-state index contributed by atoms with van der Waals surface area (Å²) in [5, 5.41) is 2.91. The molecule has 0 aromatic carbocycles. The van der Waals surface area contributed by atoms with Crippen LogP contribution in [0.25, 0.3) is 0 Å². The smallest absolute Gasteiger partial charge is 0.249 e. The zero-order chi connectivity index (χ0) is 14.5. The van der Waals surface area contributed by atoms with E-state index in [9.17, 15) is 4.79 Å². The molecule has 1 saturated carbocycles. The molecule has 1 atom stereocenters. The second-order valence-electron chi connectivity index (χ2n) is 5.75. The summed E-state index contributed by atoms with van der Waals surface area (Å²) in [6.45, 7) is 1.18. The maximum absolute atomic E-state index is 11.9. The predicted octanol–water partition coefficient (Wildman–Crippen LogP) is 2.20. The Morgan fingerprint density at radius 1 is 1.33 bits per heavy atom. The fourth-order valence-corrected chi connectivity index (χ4v) is 2.89. The van der Waals surface area contributed by atoms with E-state index < -0.39 is 0 Å². The molecule has 1 saturated heterocycles. The molecule has 1 aromatic heterocycles. The molecule has 1 aromatic rings. The monoisotopic (exact) mass is 290 g/mol. The van der Waals surface area contributed by atoms with Crippen LogP contribution in [0.2, 0.25) is 0 Å². The zero-order valence-electron chi connectivity index (χ0n) is 12.2. The molecule has 2 fully saturated rings. The fourth-order valence-electron chi connectivity index (χ4n) is 2.89. The Hall–Kier alpha value is -1.62. The Bertz CT molecular complexity index is 480. The highest BCUT2D eigenvalue weighted by atomic mass is 16.5. The number of nitrogens with one attached hydrogen (secondary N) is 1. The standard InChI is InChI=1S/C16H22N2O3/c19-16(14-6-3-9-20-14)18-11-12-7-8-17-15(10-12)21-13-4-1-2-5-13/h7-8,10,13-14H,1-6,9,11H2,(H,18,19)/t14-/m1/s1. The lowest BCUT2D eigenvalue weighted by Crippen LogP contribution is -2.33. The van der Waals surface area contributed by atoms with Crippen molar-refractivity contribution in [2.75, 3.05) is 6.61 Å². The number of amides is 1. The van der Waals surface area contributed by atoms with Gasteiger partial charge in [0.2, 0.25) is 11.8 Å². The van der Waals surface area contributed by atoms with Gasteiger partial charge < -0.3 is 14.8 Å². The van der Waals surface area contributed by atoms with Crippen molar-refractivity contribution in [2.24, 2.45) is 0 Å². The average Bonchev–Trinajstić information content (AvgIpc) is 3.18. The third kappa shape index (κ3) is 3.94. The molecule has 21 heavy (non-hydrogen) atoms. The van der Waals surface area contributed by atoms with Crippen LogP contribution in [0.1, 0.15) is 44.1 Å². The van der Waals surface area contributed by atoms with E-state index in [2.05, 4.69) is 10.3 Å². The fraction of sp³-hybridized carbons (Fsp3) is 0.625. The zero-order valence-corrected chi connectivity index (χ0v) is 12.2. The first-order chi connectivity index (χ1) is 10.3. The van der Waals surface area contributed by atoms with E-state index in [0.29, 0.717) is 25.1 Å². The van der Waals surface area contributed by atoms with Gasteiger partial charge in [0.1, 0.15) is 12.2 Å². The Kier molecular flexibility index (Phi) is 4.70. The number of pyridine rings is 1. The average molecular weight is 290 g/mol. The van der Waals surface area contributed by atoms with E-state index in [-0.39, 0.29) is 12.0 Å². The van der Waals surface area contributed by atoms with Gasteiger partial charge >= 0.3 is 0 Å². The number of nitrogens with zero attached hydrogens (tertiary/aromatic N) is 1. The summed E-state index contributed by atoms with van der Waals surface area (Å²) in [5.74, 6) is 0.633. The van der Waals surface area contributed by atoms with Crippen molar-refractivity contribution < 1.29 is 14.3 Å². The van der Waals surface area contributed by atoms with Crippen molar-refractivity contribution in [3.05, 3.63) is 23.9 Å². The highest BCUT2D eigenvalue weighted by Crippen LogP contribution is 2.23. The number of hydrogen-bond acceptors (Lipinski definition) is 4. The summed E-state index contributed by atoms with van der Waals surface area (Å²) in [5.41, 5.74) is 1.00. The highest BCUT2D eigenvalue weighted by Gasteiger charge is 2.23. The minimum absolute atomic E-state index is 0.0254. The van der Waals surface area contributed by atoms with Crippen molar-refractivity contribution in [3.63, 3.8) is 0 Å². The molecule has 114 valence electrons. The van der Waals surface area contributed by atoms with E-state index in [4.69, 9.17) is 9.47 Å². The first-order valence-corrected chi connectivity index (χ1v) is 7.82. The third-order valence-corrected chi connectivity index (χ3v) is 4.08. The van der Waals surface area contributed by atoms with E-state index in [0.717, 1.165) is 31.2 Å². The molecule has 5 nitrogen and oxygen atoms in total. The number of aromatic nitrogens is 1. The third-order valence-electron chi connectivity index (χ3n) is 4.08. The van der Waals surface area contributed by atoms with Crippen molar-refractivity contribution >= 4 is 5.91 Å². The molecule has 3 rings (SSSR count). The number of hydrogen-bond donors (Lipinski definition) is 1.